The Labute approximate surface area is 217 Å². The van der Waals surface area contributed by atoms with Gasteiger partial charge in [-0.15, -0.1) is 6.58 Å². The molecule has 2 aromatic rings. The lowest BCUT2D eigenvalue weighted by Gasteiger charge is -2.63. The van der Waals surface area contributed by atoms with E-state index in [1.807, 2.05) is 44.7 Å². The lowest BCUT2D eigenvalue weighted by Crippen LogP contribution is -2.74. The number of amides is 1. The van der Waals surface area contributed by atoms with Gasteiger partial charge in [0, 0.05) is 42.2 Å². The monoisotopic (exact) mass is 510 g/mol. The van der Waals surface area contributed by atoms with Gasteiger partial charge in [-0.2, -0.15) is 5.26 Å². The van der Waals surface area contributed by atoms with Crippen LogP contribution < -0.4 is 15.0 Å². The van der Waals surface area contributed by atoms with Gasteiger partial charge in [-0.3, -0.25) is 4.79 Å². The first-order valence-electron chi connectivity index (χ1n) is 12.2. The van der Waals surface area contributed by atoms with E-state index in [-0.39, 0.29) is 29.4 Å². The van der Waals surface area contributed by atoms with Crippen LogP contribution in [0.2, 0.25) is 5.02 Å². The molecule has 1 N–H and O–H groups in total. The molecule has 2 aliphatic rings. The molecule has 0 radical (unpaired) electrons. The molecule has 2 heterocycles. The Balaban J connectivity index is 1.44. The van der Waals surface area contributed by atoms with E-state index >= 15 is 0 Å². The second-order valence-corrected chi connectivity index (χ2v) is 11.3. The minimum Gasteiger partial charge on any atom is -0.489 e. The van der Waals surface area contributed by atoms with Gasteiger partial charge in [-0.25, -0.2) is 9.37 Å². The van der Waals surface area contributed by atoms with Crippen LogP contribution >= 0.6 is 11.6 Å². The van der Waals surface area contributed by atoms with E-state index in [2.05, 4.69) is 16.9 Å². The van der Waals surface area contributed by atoms with Gasteiger partial charge in [0.05, 0.1) is 16.1 Å². The minimum atomic E-state index is -0.495. The summed E-state index contributed by atoms with van der Waals surface area (Å²) in [4.78, 5) is 19.3. The summed E-state index contributed by atoms with van der Waals surface area (Å²) in [5, 5.41) is 12.5. The van der Waals surface area contributed by atoms with Crippen molar-refractivity contribution in [3.8, 4) is 11.8 Å². The zero-order valence-electron chi connectivity index (χ0n) is 21.1. The molecule has 36 heavy (non-hydrogen) atoms. The Morgan fingerprint density at radius 3 is 2.50 bits per heavy atom. The summed E-state index contributed by atoms with van der Waals surface area (Å²) in [6, 6.07) is 8.06. The number of nitrogens with one attached hydrogen (secondary N) is 1. The predicted molar refractivity (Wildman–Crippen MR) is 139 cm³/mol. The number of nitriles is 1. The van der Waals surface area contributed by atoms with Crippen molar-refractivity contribution in [3.05, 3.63) is 65.1 Å². The maximum atomic E-state index is 14.9. The molecule has 6 nitrogen and oxygen atoms in total. The summed E-state index contributed by atoms with van der Waals surface area (Å²) in [5.74, 6) is 0.433. The molecule has 2 fully saturated rings. The molecule has 1 aliphatic carbocycles. The van der Waals surface area contributed by atoms with Crippen LogP contribution in [0.25, 0.3) is 0 Å². The summed E-state index contributed by atoms with van der Waals surface area (Å²) < 4.78 is 21.2. The standard InChI is InChI=1S/C28H32ClFN4O2/c1-6-17-9-11-34(12-10-17)23-22(30)13-19(16-32-23)24(35)33-25-27(2,3)26(28(25,4)5)36-20-8-7-18(15-31)21(29)14-20/h6-8,13-14,16-17,25-26H,1,9-12H2,2-5H3,(H,33,35)/t25-,26-. The maximum Gasteiger partial charge on any atom is 0.253 e. The average molecular weight is 511 g/mol. The Kier molecular flexibility index (Phi) is 7.03. The highest BCUT2D eigenvalue weighted by atomic mass is 35.5. The van der Waals surface area contributed by atoms with Crippen molar-refractivity contribution in [2.75, 3.05) is 18.0 Å². The van der Waals surface area contributed by atoms with Crippen LogP contribution in [0.3, 0.4) is 0 Å². The van der Waals surface area contributed by atoms with Crippen LogP contribution in [0.5, 0.6) is 5.75 Å². The topological polar surface area (TPSA) is 78.2 Å². The van der Waals surface area contributed by atoms with Crippen molar-refractivity contribution in [1.29, 1.82) is 5.26 Å². The number of carbonyl (C=O) groups is 1. The van der Waals surface area contributed by atoms with Crippen molar-refractivity contribution >= 4 is 23.3 Å². The van der Waals surface area contributed by atoms with E-state index in [9.17, 15) is 9.18 Å². The summed E-state index contributed by atoms with van der Waals surface area (Å²) in [7, 11) is 0. The molecule has 1 saturated heterocycles. The molecule has 8 heteroatoms. The van der Waals surface area contributed by atoms with E-state index in [0.717, 1.165) is 12.8 Å². The fourth-order valence-corrected chi connectivity index (χ4v) is 6.16. The van der Waals surface area contributed by atoms with Gasteiger partial charge < -0.3 is 15.0 Å². The highest BCUT2D eigenvalue weighted by molar-refractivity contribution is 6.31. The second kappa shape index (κ2) is 9.74. The van der Waals surface area contributed by atoms with Gasteiger partial charge in [0.25, 0.3) is 5.91 Å². The molecule has 0 atom stereocenters. The summed E-state index contributed by atoms with van der Waals surface area (Å²) in [6.07, 6.45) is 4.99. The lowest BCUT2D eigenvalue weighted by molar-refractivity contribution is -0.164. The van der Waals surface area contributed by atoms with Crippen LogP contribution in [-0.2, 0) is 0 Å². The lowest BCUT2D eigenvalue weighted by atomic mass is 9.49. The molecule has 0 unspecified atom stereocenters. The zero-order chi connectivity index (χ0) is 26.3. The molecule has 4 rings (SSSR count). The fraction of sp³-hybridized carbons (Fsp3) is 0.464. The van der Waals surface area contributed by atoms with Crippen molar-refractivity contribution in [1.82, 2.24) is 10.3 Å². The number of hydrogen-bond donors (Lipinski definition) is 1. The predicted octanol–water partition coefficient (Wildman–Crippen LogP) is 5.76. The van der Waals surface area contributed by atoms with Crippen LogP contribution in [0.1, 0.15) is 56.5 Å². The Bertz CT molecular complexity index is 1200. The zero-order valence-corrected chi connectivity index (χ0v) is 21.9. The number of rotatable bonds is 6. The van der Waals surface area contributed by atoms with Gasteiger partial charge in [-0.05, 0) is 37.0 Å². The van der Waals surface area contributed by atoms with Crippen LogP contribution in [0, 0.1) is 33.9 Å². The van der Waals surface area contributed by atoms with E-state index in [4.69, 9.17) is 21.6 Å². The number of carbonyl (C=O) groups excluding carboxylic acids is 1. The number of hydrogen-bond acceptors (Lipinski definition) is 5. The molecule has 190 valence electrons. The fourth-order valence-electron chi connectivity index (χ4n) is 5.94. The van der Waals surface area contributed by atoms with Crippen LogP contribution in [0.15, 0.2) is 43.1 Å². The maximum absolute atomic E-state index is 14.9. The number of ether oxygens (including phenoxy) is 1. The third-order valence-electron chi connectivity index (χ3n) is 7.69. The molecule has 0 spiro atoms. The van der Waals surface area contributed by atoms with Gasteiger partial charge >= 0.3 is 0 Å². The Morgan fingerprint density at radius 2 is 1.94 bits per heavy atom. The van der Waals surface area contributed by atoms with Gasteiger partial charge in [0.15, 0.2) is 11.6 Å². The van der Waals surface area contributed by atoms with Gasteiger partial charge in [0.2, 0.25) is 0 Å². The normalized spacial score (nSPS) is 22.8. The SMILES string of the molecule is C=CC1CCN(c2ncc(C(=O)N[C@H]3C(C)(C)[C@H](Oc4ccc(C#N)c(Cl)c4)C3(C)C)cc2F)CC1. The highest BCUT2D eigenvalue weighted by Crippen LogP contribution is 2.55. The number of aromatic nitrogens is 1. The van der Waals surface area contributed by atoms with Crippen LogP contribution in [0.4, 0.5) is 10.2 Å². The van der Waals surface area contributed by atoms with E-state index < -0.39 is 16.6 Å². The number of pyridine rings is 1. The molecular formula is C28H32ClFN4O2. The largest absolute Gasteiger partial charge is 0.489 e. The summed E-state index contributed by atoms with van der Waals surface area (Å²) >= 11 is 6.17. The summed E-state index contributed by atoms with van der Waals surface area (Å²) in [5.41, 5.74) is -0.261. The number of piperidine rings is 1. The number of allylic oxidation sites excluding steroid dienone is 1. The molecule has 1 aromatic heterocycles. The quantitative estimate of drug-likeness (QED) is 0.500. The molecule has 1 saturated carbocycles. The highest BCUT2D eigenvalue weighted by Gasteiger charge is 2.64. The van der Waals surface area contributed by atoms with Gasteiger partial charge in [0.1, 0.15) is 17.9 Å². The van der Waals surface area contributed by atoms with E-state index in [1.54, 1.807) is 18.2 Å². The Morgan fingerprint density at radius 1 is 1.28 bits per heavy atom. The molecule has 1 aliphatic heterocycles. The first kappa shape index (κ1) is 26.0. The number of benzene rings is 1. The van der Waals surface area contributed by atoms with E-state index in [1.165, 1.54) is 12.3 Å². The third-order valence-corrected chi connectivity index (χ3v) is 8.00. The smallest absolute Gasteiger partial charge is 0.253 e. The van der Waals surface area contributed by atoms with Crippen molar-refractivity contribution < 1.29 is 13.9 Å². The summed E-state index contributed by atoms with van der Waals surface area (Å²) in [6.45, 7) is 13.4. The first-order chi connectivity index (χ1) is 17.0. The Hall–Kier alpha value is -3.11. The van der Waals surface area contributed by atoms with Crippen molar-refractivity contribution in [2.45, 2.75) is 52.7 Å². The molecule has 1 amide bonds. The average Bonchev–Trinajstić information content (AvgIpc) is 2.85. The van der Waals surface area contributed by atoms with Gasteiger partial charge in [-0.1, -0.05) is 45.4 Å². The molecular weight excluding hydrogens is 479 g/mol. The number of nitrogens with zero attached hydrogens (tertiary/aromatic N) is 3. The first-order valence-corrected chi connectivity index (χ1v) is 12.6. The van der Waals surface area contributed by atoms with Crippen molar-refractivity contribution in [3.63, 3.8) is 0 Å². The molecule has 1 aromatic carbocycles. The van der Waals surface area contributed by atoms with Crippen LogP contribution in [-0.4, -0.2) is 36.1 Å². The van der Waals surface area contributed by atoms with Crippen molar-refractivity contribution in [2.24, 2.45) is 16.7 Å². The minimum absolute atomic E-state index is 0.187. The number of anilines is 1. The molecule has 0 bridgehead atoms. The third kappa shape index (κ3) is 4.67. The second-order valence-electron chi connectivity index (χ2n) is 10.9. The number of halogens is 2. The van der Waals surface area contributed by atoms with E-state index in [0.29, 0.717) is 35.3 Å².